The second-order valence-electron chi connectivity index (χ2n) is 12.4. The Labute approximate surface area is 287 Å². The van der Waals surface area contributed by atoms with Gasteiger partial charge in [-0.15, -0.1) is 0 Å². The number of benzene rings is 6. The highest BCUT2D eigenvalue weighted by atomic mass is 16.3. The quantitative estimate of drug-likeness (QED) is 0.187. The van der Waals surface area contributed by atoms with E-state index in [0.29, 0.717) is 5.82 Å². The van der Waals surface area contributed by atoms with Crippen LogP contribution in [0.2, 0.25) is 0 Å². The molecule has 0 N–H and O–H groups in total. The van der Waals surface area contributed by atoms with Crippen LogP contribution in [0, 0.1) is 0 Å². The van der Waals surface area contributed by atoms with Crippen molar-refractivity contribution < 1.29 is 8.83 Å². The van der Waals surface area contributed by atoms with Crippen molar-refractivity contribution >= 4 is 43.9 Å². The van der Waals surface area contributed by atoms with Gasteiger partial charge in [0.1, 0.15) is 22.3 Å². The SMILES string of the molecule is c1ccc(-c2cc(-c3ccc(-c4ccncc4)cc3)nc(-c3ccc(-c4ccc5oc6ccccc6c5c4)c4oc5ccccc5c34)n2)cc1. The molecule has 0 bridgehead atoms. The van der Waals surface area contributed by atoms with Gasteiger partial charge in [0.05, 0.1) is 11.4 Å². The minimum absolute atomic E-state index is 0.638. The molecule has 5 heteroatoms. The van der Waals surface area contributed by atoms with E-state index in [0.717, 1.165) is 94.2 Å². The molecule has 0 amide bonds. The fourth-order valence-corrected chi connectivity index (χ4v) is 6.99. The molecule has 10 rings (SSSR count). The third-order valence-corrected chi connectivity index (χ3v) is 9.44. The Hall–Kier alpha value is -6.85. The first kappa shape index (κ1) is 28.2. The lowest BCUT2D eigenvalue weighted by Gasteiger charge is -2.12. The summed E-state index contributed by atoms with van der Waals surface area (Å²) in [6, 6.07) is 51.9. The zero-order valence-electron chi connectivity index (χ0n) is 26.7. The molecule has 50 heavy (non-hydrogen) atoms. The summed E-state index contributed by atoms with van der Waals surface area (Å²) >= 11 is 0. The summed E-state index contributed by atoms with van der Waals surface area (Å²) in [6.45, 7) is 0. The van der Waals surface area contributed by atoms with Gasteiger partial charge in [0.2, 0.25) is 0 Å². The van der Waals surface area contributed by atoms with Gasteiger partial charge in [0.25, 0.3) is 0 Å². The largest absolute Gasteiger partial charge is 0.456 e. The Bertz CT molecular complexity index is 2850. The van der Waals surface area contributed by atoms with Gasteiger partial charge < -0.3 is 8.83 Å². The second-order valence-corrected chi connectivity index (χ2v) is 12.4. The number of fused-ring (bicyclic) bond motifs is 6. The number of para-hydroxylation sites is 2. The van der Waals surface area contributed by atoms with E-state index in [1.54, 1.807) is 0 Å². The lowest BCUT2D eigenvalue weighted by atomic mass is 9.96. The van der Waals surface area contributed by atoms with Gasteiger partial charge in [-0.3, -0.25) is 4.98 Å². The minimum Gasteiger partial charge on any atom is -0.456 e. The maximum absolute atomic E-state index is 6.68. The molecule has 0 saturated heterocycles. The van der Waals surface area contributed by atoms with Crippen LogP contribution in [0.15, 0.2) is 173 Å². The first-order chi connectivity index (χ1) is 24.8. The number of hydrogen-bond acceptors (Lipinski definition) is 5. The van der Waals surface area contributed by atoms with Crippen LogP contribution in [-0.2, 0) is 0 Å². The standard InChI is InChI=1S/C45H27N3O2/c1-2-8-30(9-3-1)38-27-39(31-16-14-28(15-17-31)29-22-24-46-25-23-29)48-45(47-38)36-20-19-33(44-43(36)35-11-5-7-13-41(35)50-44)32-18-21-42-37(26-32)34-10-4-6-12-40(34)49-42/h1-27H. The summed E-state index contributed by atoms with van der Waals surface area (Å²) in [5.74, 6) is 0.638. The monoisotopic (exact) mass is 641 g/mol. The number of nitrogens with zero attached hydrogens (tertiary/aromatic N) is 3. The third-order valence-electron chi connectivity index (χ3n) is 9.44. The van der Waals surface area contributed by atoms with Crippen molar-refractivity contribution in [3.8, 4) is 56.2 Å². The van der Waals surface area contributed by atoms with E-state index in [1.807, 2.05) is 79.1 Å². The molecule has 0 atom stereocenters. The number of furan rings is 2. The molecule has 234 valence electrons. The van der Waals surface area contributed by atoms with Gasteiger partial charge in [-0.1, -0.05) is 97.1 Å². The maximum atomic E-state index is 6.68. The van der Waals surface area contributed by atoms with E-state index in [9.17, 15) is 0 Å². The fraction of sp³-hybridized carbons (Fsp3) is 0. The molecule has 0 unspecified atom stereocenters. The summed E-state index contributed by atoms with van der Waals surface area (Å²) in [5.41, 5.74) is 12.3. The normalized spacial score (nSPS) is 11.6. The zero-order valence-corrected chi connectivity index (χ0v) is 26.7. The lowest BCUT2D eigenvalue weighted by Crippen LogP contribution is -1.97. The molecule has 0 saturated carbocycles. The van der Waals surface area contributed by atoms with Crippen LogP contribution in [0.25, 0.3) is 100 Å². The molecular formula is C45H27N3O2. The molecule has 4 aromatic heterocycles. The highest BCUT2D eigenvalue weighted by molar-refractivity contribution is 6.16. The summed E-state index contributed by atoms with van der Waals surface area (Å²) in [4.78, 5) is 14.6. The molecule has 0 aliphatic carbocycles. The van der Waals surface area contributed by atoms with Crippen LogP contribution in [0.5, 0.6) is 0 Å². The average Bonchev–Trinajstić information content (AvgIpc) is 3.77. The highest BCUT2D eigenvalue weighted by Gasteiger charge is 2.21. The van der Waals surface area contributed by atoms with Crippen LogP contribution in [-0.4, -0.2) is 15.0 Å². The van der Waals surface area contributed by atoms with Crippen LogP contribution in [0.4, 0.5) is 0 Å². The van der Waals surface area contributed by atoms with Crippen LogP contribution < -0.4 is 0 Å². The smallest absolute Gasteiger partial charge is 0.161 e. The van der Waals surface area contributed by atoms with Gasteiger partial charge >= 0.3 is 0 Å². The summed E-state index contributed by atoms with van der Waals surface area (Å²) in [5, 5.41) is 4.17. The van der Waals surface area contributed by atoms with E-state index < -0.39 is 0 Å². The molecule has 6 aromatic carbocycles. The van der Waals surface area contributed by atoms with Crippen molar-refractivity contribution in [2.45, 2.75) is 0 Å². The molecule has 0 spiro atoms. The predicted molar refractivity (Wildman–Crippen MR) is 202 cm³/mol. The van der Waals surface area contributed by atoms with E-state index in [4.69, 9.17) is 18.8 Å². The van der Waals surface area contributed by atoms with E-state index >= 15 is 0 Å². The predicted octanol–water partition coefficient (Wildman–Crippen LogP) is 12.0. The Morgan fingerprint density at radius 2 is 0.960 bits per heavy atom. The topological polar surface area (TPSA) is 65.0 Å². The molecule has 0 aliphatic heterocycles. The van der Waals surface area contributed by atoms with Crippen molar-refractivity contribution in [1.29, 1.82) is 0 Å². The third kappa shape index (κ3) is 4.67. The Morgan fingerprint density at radius 1 is 0.380 bits per heavy atom. The van der Waals surface area contributed by atoms with E-state index in [-0.39, 0.29) is 0 Å². The van der Waals surface area contributed by atoms with Gasteiger partial charge in [0, 0.05) is 56.2 Å². The van der Waals surface area contributed by atoms with Crippen LogP contribution in [0.1, 0.15) is 0 Å². The number of aromatic nitrogens is 3. The van der Waals surface area contributed by atoms with Gasteiger partial charge in [-0.2, -0.15) is 0 Å². The van der Waals surface area contributed by atoms with Crippen LogP contribution >= 0.6 is 0 Å². The van der Waals surface area contributed by atoms with Crippen molar-refractivity contribution in [3.63, 3.8) is 0 Å². The molecular weight excluding hydrogens is 615 g/mol. The summed E-state index contributed by atoms with van der Waals surface area (Å²) in [7, 11) is 0. The molecule has 0 aliphatic rings. The number of rotatable bonds is 5. The van der Waals surface area contributed by atoms with Gasteiger partial charge in [-0.25, -0.2) is 9.97 Å². The molecule has 4 heterocycles. The number of hydrogen-bond donors (Lipinski definition) is 0. The minimum atomic E-state index is 0.638. The fourth-order valence-electron chi connectivity index (χ4n) is 6.99. The van der Waals surface area contributed by atoms with Gasteiger partial charge in [-0.05, 0) is 71.3 Å². The summed E-state index contributed by atoms with van der Waals surface area (Å²) < 4.78 is 12.8. The average molecular weight is 642 g/mol. The molecule has 10 aromatic rings. The molecule has 0 fully saturated rings. The zero-order chi connectivity index (χ0) is 33.0. The molecule has 0 radical (unpaired) electrons. The van der Waals surface area contributed by atoms with E-state index in [2.05, 4.69) is 89.9 Å². The Balaban J connectivity index is 1.18. The van der Waals surface area contributed by atoms with Crippen molar-refractivity contribution in [3.05, 3.63) is 164 Å². The lowest BCUT2D eigenvalue weighted by molar-refractivity contribution is 0.668. The van der Waals surface area contributed by atoms with Crippen molar-refractivity contribution in [2.75, 3.05) is 0 Å². The molecule has 5 nitrogen and oxygen atoms in total. The first-order valence-electron chi connectivity index (χ1n) is 16.6. The van der Waals surface area contributed by atoms with Crippen molar-refractivity contribution in [1.82, 2.24) is 15.0 Å². The second kappa shape index (κ2) is 11.4. The summed E-state index contributed by atoms with van der Waals surface area (Å²) in [6.07, 6.45) is 3.63. The van der Waals surface area contributed by atoms with Crippen LogP contribution in [0.3, 0.4) is 0 Å². The Kier molecular flexibility index (Phi) is 6.42. The number of pyridine rings is 1. The van der Waals surface area contributed by atoms with E-state index in [1.165, 1.54) is 0 Å². The van der Waals surface area contributed by atoms with Gasteiger partial charge in [0.15, 0.2) is 5.82 Å². The van der Waals surface area contributed by atoms with Crippen molar-refractivity contribution in [2.24, 2.45) is 0 Å². The maximum Gasteiger partial charge on any atom is 0.161 e. The highest BCUT2D eigenvalue weighted by Crippen LogP contribution is 2.43. The Morgan fingerprint density at radius 3 is 1.74 bits per heavy atom. The first-order valence-corrected chi connectivity index (χ1v) is 16.6.